The molecule has 0 aliphatic carbocycles. The number of nitriles is 1. The van der Waals surface area contributed by atoms with E-state index in [1.165, 1.54) is 0 Å². The Balaban J connectivity index is 1.72. The van der Waals surface area contributed by atoms with Gasteiger partial charge in [0.2, 0.25) is 0 Å². The molecule has 2 aromatic carbocycles. The molecule has 0 bridgehead atoms. The molecule has 134 valence electrons. The van der Waals surface area contributed by atoms with Crippen molar-refractivity contribution in [2.75, 3.05) is 18.4 Å². The van der Waals surface area contributed by atoms with Crippen LogP contribution in [0.5, 0.6) is 0 Å². The Hall–Kier alpha value is -2.84. The maximum atomic E-state index is 12.8. The summed E-state index contributed by atoms with van der Waals surface area (Å²) < 4.78 is 0. The fraction of sp³-hybridized carbons (Fsp3) is 0.333. The van der Waals surface area contributed by atoms with Gasteiger partial charge in [0.25, 0.3) is 5.91 Å². The van der Waals surface area contributed by atoms with Crippen molar-refractivity contribution in [3.05, 3.63) is 59.7 Å². The van der Waals surface area contributed by atoms with Crippen LogP contribution in [0, 0.1) is 11.3 Å². The number of carbonyl (C=O) groups excluding carboxylic acids is 1. The van der Waals surface area contributed by atoms with Crippen molar-refractivity contribution in [2.45, 2.75) is 31.8 Å². The van der Waals surface area contributed by atoms with E-state index < -0.39 is 5.60 Å². The number of anilines is 2. The van der Waals surface area contributed by atoms with Crippen LogP contribution in [0.15, 0.2) is 48.5 Å². The van der Waals surface area contributed by atoms with E-state index in [4.69, 9.17) is 5.26 Å². The van der Waals surface area contributed by atoms with E-state index in [-0.39, 0.29) is 5.91 Å². The molecule has 1 aliphatic rings. The predicted octanol–water partition coefficient (Wildman–Crippen LogP) is 3.68. The Bertz CT molecular complexity index is 822. The Kier molecular flexibility index (Phi) is 5.24. The van der Waals surface area contributed by atoms with Crippen LogP contribution >= 0.6 is 0 Å². The molecule has 1 unspecified atom stereocenters. The first-order valence-electron chi connectivity index (χ1n) is 8.86. The van der Waals surface area contributed by atoms with Gasteiger partial charge in [-0.2, -0.15) is 5.26 Å². The lowest BCUT2D eigenvalue weighted by Crippen LogP contribution is -2.33. The average Bonchev–Trinajstić information content (AvgIpc) is 2.82. The van der Waals surface area contributed by atoms with Crippen LogP contribution in [0.4, 0.5) is 11.4 Å². The average molecular weight is 349 g/mol. The van der Waals surface area contributed by atoms with Crippen molar-refractivity contribution in [3.8, 4) is 6.07 Å². The van der Waals surface area contributed by atoms with Crippen LogP contribution in [0.25, 0.3) is 0 Å². The topological polar surface area (TPSA) is 76.4 Å². The van der Waals surface area contributed by atoms with Crippen molar-refractivity contribution in [1.29, 1.82) is 5.26 Å². The zero-order valence-electron chi connectivity index (χ0n) is 14.9. The van der Waals surface area contributed by atoms with Gasteiger partial charge < -0.3 is 15.3 Å². The lowest BCUT2D eigenvalue weighted by molar-refractivity contribution is 0.0438. The maximum Gasteiger partial charge on any atom is 0.253 e. The van der Waals surface area contributed by atoms with Gasteiger partial charge in [0.1, 0.15) is 0 Å². The first kappa shape index (κ1) is 18.0. The zero-order chi connectivity index (χ0) is 18.6. The number of amides is 1. The van der Waals surface area contributed by atoms with Gasteiger partial charge in [-0.25, -0.2) is 0 Å². The number of nitrogens with zero attached hydrogens (tertiary/aromatic N) is 2. The summed E-state index contributed by atoms with van der Waals surface area (Å²) in [5, 5.41) is 22.3. The molecule has 5 nitrogen and oxygen atoms in total. The summed E-state index contributed by atoms with van der Waals surface area (Å²) in [6.07, 6.45) is 2.13. The highest BCUT2D eigenvalue weighted by molar-refractivity contribution is 5.95. The smallest absolute Gasteiger partial charge is 0.253 e. The van der Waals surface area contributed by atoms with Crippen molar-refractivity contribution in [1.82, 2.24) is 4.90 Å². The highest BCUT2D eigenvalue weighted by atomic mass is 16.3. The van der Waals surface area contributed by atoms with Crippen LogP contribution in [0.1, 0.15) is 42.1 Å². The van der Waals surface area contributed by atoms with E-state index in [1.54, 1.807) is 12.1 Å². The third-order valence-corrected chi connectivity index (χ3v) is 4.76. The zero-order valence-corrected chi connectivity index (χ0v) is 14.9. The van der Waals surface area contributed by atoms with E-state index in [1.807, 2.05) is 48.2 Å². The standard InChI is InChI=1S/C21H23N3O2/c1-21(26)10-3-12-24(13-11-21)20(25)17-4-2-5-19(14-17)23-18-8-6-16(15-22)7-9-18/h2,4-9,14,23,26H,3,10-13H2,1H3. The van der Waals surface area contributed by atoms with Crippen LogP contribution < -0.4 is 5.32 Å². The third kappa shape index (κ3) is 4.41. The molecule has 26 heavy (non-hydrogen) atoms. The number of rotatable bonds is 3. The Labute approximate surface area is 153 Å². The van der Waals surface area contributed by atoms with Crippen LogP contribution in [0.2, 0.25) is 0 Å². The number of nitrogens with one attached hydrogen (secondary N) is 1. The monoisotopic (exact) mass is 349 g/mol. The Morgan fingerprint density at radius 2 is 1.92 bits per heavy atom. The van der Waals surface area contributed by atoms with E-state index in [2.05, 4.69) is 11.4 Å². The number of hydrogen-bond donors (Lipinski definition) is 2. The second kappa shape index (κ2) is 7.59. The molecular formula is C21H23N3O2. The van der Waals surface area contributed by atoms with Gasteiger partial charge in [-0.1, -0.05) is 6.07 Å². The molecule has 3 rings (SSSR count). The minimum Gasteiger partial charge on any atom is -0.390 e. The fourth-order valence-corrected chi connectivity index (χ4v) is 3.17. The second-order valence-corrected chi connectivity index (χ2v) is 7.04. The van der Waals surface area contributed by atoms with Crippen molar-refractivity contribution < 1.29 is 9.90 Å². The molecule has 2 aromatic rings. The SMILES string of the molecule is CC1(O)CCCN(C(=O)c2cccc(Nc3ccc(C#N)cc3)c2)CC1. The summed E-state index contributed by atoms with van der Waals surface area (Å²) in [6, 6.07) is 16.7. The maximum absolute atomic E-state index is 12.8. The molecule has 1 amide bonds. The van der Waals surface area contributed by atoms with Crippen LogP contribution in [-0.2, 0) is 0 Å². The molecular weight excluding hydrogens is 326 g/mol. The molecule has 1 fully saturated rings. The highest BCUT2D eigenvalue weighted by Gasteiger charge is 2.27. The largest absolute Gasteiger partial charge is 0.390 e. The van der Waals surface area contributed by atoms with Gasteiger partial charge in [0.05, 0.1) is 17.2 Å². The quantitative estimate of drug-likeness (QED) is 0.886. The van der Waals surface area contributed by atoms with E-state index in [9.17, 15) is 9.90 Å². The summed E-state index contributed by atoms with van der Waals surface area (Å²) in [6.45, 7) is 3.07. The fourth-order valence-electron chi connectivity index (χ4n) is 3.17. The molecule has 0 spiro atoms. The summed E-state index contributed by atoms with van der Waals surface area (Å²) >= 11 is 0. The first-order chi connectivity index (χ1) is 12.5. The number of aliphatic hydroxyl groups is 1. The molecule has 0 radical (unpaired) electrons. The van der Waals surface area contributed by atoms with Gasteiger partial charge in [0.15, 0.2) is 0 Å². The minimum absolute atomic E-state index is 0.00817. The number of likely N-dealkylation sites (tertiary alicyclic amines) is 1. The molecule has 0 aromatic heterocycles. The number of hydrogen-bond acceptors (Lipinski definition) is 4. The molecule has 1 aliphatic heterocycles. The van der Waals surface area contributed by atoms with Crippen molar-refractivity contribution in [3.63, 3.8) is 0 Å². The van der Waals surface area contributed by atoms with Gasteiger partial charge in [-0.15, -0.1) is 0 Å². The Morgan fingerprint density at radius 3 is 2.65 bits per heavy atom. The summed E-state index contributed by atoms with van der Waals surface area (Å²) in [5.41, 5.74) is 2.23. The van der Waals surface area contributed by atoms with E-state index >= 15 is 0 Å². The second-order valence-electron chi connectivity index (χ2n) is 7.04. The van der Waals surface area contributed by atoms with Gasteiger partial charge >= 0.3 is 0 Å². The highest BCUT2D eigenvalue weighted by Crippen LogP contribution is 2.24. The summed E-state index contributed by atoms with van der Waals surface area (Å²) in [7, 11) is 0. The van der Waals surface area contributed by atoms with Gasteiger partial charge in [0, 0.05) is 30.0 Å². The lowest BCUT2D eigenvalue weighted by atomic mass is 9.98. The normalized spacial score (nSPS) is 20.1. The molecule has 0 saturated carbocycles. The molecule has 1 saturated heterocycles. The van der Waals surface area contributed by atoms with E-state index in [0.717, 1.165) is 24.2 Å². The number of carbonyl (C=O) groups is 1. The van der Waals surface area contributed by atoms with Crippen LogP contribution in [-0.4, -0.2) is 34.6 Å². The van der Waals surface area contributed by atoms with Crippen LogP contribution in [0.3, 0.4) is 0 Å². The molecule has 1 heterocycles. The molecule has 2 N–H and O–H groups in total. The summed E-state index contributed by atoms with van der Waals surface area (Å²) in [5.74, 6) is -0.00817. The number of benzene rings is 2. The van der Waals surface area contributed by atoms with Gasteiger partial charge in [-0.3, -0.25) is 4.79 Å². The van der Waals surface area contributed by atoms with E-state index in [0.29, 0.717) is 30.6 Å². The van der Waals surface area contributed by atoms with Crippen molar-refractivity contribution in [2.24, 2.45) is 0 Å². The lowest BCUT2D eigenvalue weighted by Gasteiger charge is -2.23. The van der Waals surface area contributed by atoms with Gasteiger partial charge in [-0.05, 0) is 68.7 Å². The first-order valence-corrected chi connectivity index (χ1v) is 8.86. The third-order valence-electron chi connectivity index (χ3n) is 4.76. The molecule has 1 atom stereocenters. The van der Waals surface area contributed by atoms with Crippen molar-refractivity contribution >= 4 is 17.3 Å². The minimum atomic E-state index is -0.686. The summed E-state index contributed by atoms with van der Waals surface area (Å²) in [4.78, 5) is 14.7. The molecule has 5 heteroatoms. The predicted molar refractivity (Wildman–Crippen MR) is 101 cm³/mol. The Morgan fingerprint density at radius 1 is 1.15 bits per heavy atom.